The maximum absolute atomic E-state index is 12.2. The van der Waals surface area contributed by atoms with Crippen molar-refractivity contribution in [1.29, 1.82) is 0 Å². The van der Waals surface area contributed by atoms with E-state index in [1.54, 1.807) is 6.07 Å². The van der Waals surface area contributed by atoms with E-state index in [2.05, 4.69) is 0 Å². The molecule has 0 aliphatic heterocycles. The van der Waals surface area contributed by atoms with E-state index in [0.29, 0.717) is 5.56 Å². The lowest BCUT2D eigenvalue weighted by Gasteiger charge is -2.15. The first kappa shape index (κ1) is 13.6. The van der Waals surface area contributed by atoms with Gasteiger partial charge < -0.3 is 15.6 Å². The molecule has 0 amide bonds. The zero-order chi connectivity index (χ0) is 13.1. The van der Waals surface area contributed by atoms with Gasteiger partial charge in [-0.1, -0.05) is 6.07 Å². The van der Waals surface area contributed by atoms with Gasteiger partial charge in [0.25, 0.3) is 0 Å². The van der Waals surface area contributed by atoms with Crippen LogP contribution in [0.15, 0.2) is 18.2 Å². The number of benzene rings is 1. The molecule has 1 aromatic rings. The summed E-state index contributed by atoms with van der Waals surface area (Å²) in [6, 6.07) is 2.64. The fourth-order valence-electron chi connectivity index (χ4n) is 1.38. The normalized spacial score (nSPS) is 13.5. The average Bonchev–Trinajstić information content (AvgIpc) is 2.24. The Kier molecular flexibility index (Phi) is 4.22. The molecule has 6 heteroatoms. The van der Waals surface area contributed by atoms with Crippen molar-refractivity contribution in [1.82, 2.24) is 0 Å². The minimum absolute atomic E-state index is 0.0921. The fourth-order valence-corrected chi connectivity index (χ4v) is 1.38. The fraction of sp³-hybridized carbons (Fsp3) is 0.455. The lowest BCUT2D eigenvalue weighted by molar-refractivity contribution is -0.148. The van der Waals surface area contributed by atoms with E-state index in [4.69, 9.17) is 10.5 Å². The number of hydrogen-bond donors (Lipinski definition) is 2. The summed E-state index contributed by atoms with van der Waals surface area (Å²) in [5.41, 5.74) is 5.57. The van der Waals surface area contributed by atoms with Gasteiger partial charge in [-0.3, -0.25) is 0 Å². The van der Waals surface area contributed by atoms with Crippen LogP contribution in [0.3, 0.4) is 0 Å². The van der Waals surface area contributed by atoms with E-state index in [9.17, 15) is 18.3 Å². The number of phenolic OH excluding ortho intramolecular Hbond substituents is 1. The summed E-state index contributed by atoms with van der Waals surface area (Å²) in [6.07, 6.45) is -4.44. The number of hydrogen-bond acceptors (Lipinski definition) is 3. The Hall–Kier alpha value is -1.43. The van der Waals surface area contributed by atoms with Crippen LogP contribution in [0.1, 0.15) is 12.0 Å². The molecule has 17 heavy (non-hydrogen) atoms. The van der Waals surface area contributed by atoms with Gasteiger partial charge in [0.05, 0.1) is 7.11 Å². The number of nitrogens with two attached hydrogens (primary N) is 1. The van der Waals surface area contributed by atoms with E-state index in [-0.39, 0.29) is 24.3 Å². The lowest BCUT2D eigenvalue weighted by atomic mass is 10.0. The number of phenols is 1. The molecule has 0 bridgehead atoms. The van der Waals surface area contributed by atoms with E-state index in [0.717, 1.165) is 0 Å². The number of aromatic hydroxyl groups is 1. The molecule has 0 saturated heterocycles. The average molecular weight is 249 g/mol. The molecule has 3 N–H and O–H groups in total. The van der Waals surface area contributed by atoms with Crippen LogP contribution in [-0.2, 0) is 6.42 Å². The molecule has 0 aliphatic carbocycles. The van der Waals surface area contributed by atoms with E-state index < -0.39 is 12.2 Å². The molecule has 96 valence electrons. The molecule has 0 aliphatic rings. The van der Waals surface area contributed by atoms with Crippen LogP contribution in [0, 0.1) is 0 Å². The summed E-state index contributed by atoms with van der Waals surface area (Å²) in [6.45, 7) is 0. The Morgan fingerprint density at radius 1 is 1.41 bits per heavy atom. The van der Waals surface area contributed by atoms with E-state index >= 15 is 0 Å². The first-order valence-electron chi connectivity index (χ1n) is 5.02. The van der Waals surface area contributed by atoms with Gasteiger partial charge in [0.1, 0.15) is 6.04 Å². The maximum atomic E-state index is 12.2. The van der Waals surface area contributed by atoms with Crippen molar-refractivity contribution < 1.29 is 23.0 Å². The van der Waals surface area contributed by atoms with Crippen molar-refractivity contribution >= 4 is 0 Å². The lowest BCUT2D eigenvalue weighted by Crippen LogP contribution is -2.37. The first-order chi connectivity index (χ1) is 7.84. The molecule has 1 rings (SSSR count). The Balaban J connectivity index is 2.61. The number of halogens is 3. The van der Waals surface area contributed by atoms with Crippen molar-refractivity contribution in [2.45, 2.75) is 25.1 Å². The molecule has 0 fully saturated rings. The second kappa shape index (κ2) is 5.27. The number of aryl methyl sites for hydroxylation is 1. The molecule has 0 aromatic heterocycles. The molecular weight excluding hydrogens is 235 g/mol. The van der Waals surface area contributed by atoms with Crippen LogP contribution in [0.2, 0.25) is 0 Å². The van der Waals surface area contributed by atoms with Gasteiger partial charge >= 0.3 is 6.18 Å². The second-order valence-corrected chi connectivity index (χ2v) is 3.69. The highest BCUT2D eigenvalue weighted by Gasteiger charge is 2.35. The Bertz CT molecular complexity index is 379. The zero-order valence-corrected chi connectivity index (χ0v) is 9.29. The standard InChI is InChI=1S/C11H14F3NO2/c1-17-9-4-2-7(6-8(9)16)3-5-10(15)11(12,13)14/h2,4,6,10,16H,3,5,15H2,1H3. The summed E-state index contributed by atoms with van der Waals surface area (Å²) in [5.74, 6) is 0.194. The van der Waals surface area contributed by atoms with Crippen LogP contribution in [0.25, 0.3) is 0 Å². The Labute approximate surface area is 97.0 Å². The van der Waals surface area contributed by atoms with Crippen LogP contribution in [0.5, 0.6) is 11.5 Å². The van der Waals surface area contributed by atoms with Crippen molar-refractivity contribution in [2.24, 2.45) is 5.73 Å². The monoisotopic (exact) mass is 249 g/mol. The molecule has 1 aromatic carbocycles. The van der Waals surface area contributed by atoms with Crippen LogP contribution < -0.4 is 10.5 Å². The molecule has 1 unspecified atom stereocenters. The number of rotatable bonds is 4. The highest BCUT2D eigenvalue weighted by atomic mass is 19.4. The molecule has 3 nitrogen and oxygen atoms in total. The van der Waals surface area contributed by atoms with Gasteiger partial charge in [0.15, 0.2) is 11.5 Å². The summed E-state index contributed by atoms with van der Waals surface area (Å²) in [4.78, 5) is 0. The summed E-state index contributed by atoms with van der Waals surface area (Å²) >= 11 is 0. The van der Waals surface area contributed by atoms with Gasteiger partial charge in [-0.05, 0) is 30.5 Å². The highest BCUT2D eigenvalue weighted by Crippen LogP contribution is 2.28. The Morgan fingerprint density at radius 3 is 2.53 bits per heavy atom. The number of alkyl halides is 3. The topological polar surface area (TPSA) is 55.5 Å². The SMILES string of the molecule is COc1ccc(CCC(N)C(F)(F)F)cc1O. The van der Waals surface area contributed by atoms with E-state index in [1.165, 1.54) is 19.2 Å². The predicted molar refractivity (Wildman–Crippen MR) is 57.0 cm³/mol. The quantitative estimate of drug-likeness (QED) is 0.860. The van der Waals surface area contributed by atoms with Gasteiger partial charge in [0.2, 0.25) is 0 Å². The molecular formula is C11H14F3NO2. The summed E-state index contributed by atoms with van der Waals surface area (Å²) in [7, 11) is 1.40. The van der Waals surface area contributed by atoms with Crippen LogP contribution in [-0.4, -0.2) is 24.4 Å². The minimum atomic E-state index is -4.38. The molecule has 0 spiro atoms. The predicted octanol–water partition coefficient (Wildman–Crippen LogP) is 2.22. The molecule has 1 atom stereocenters. The first-order valence-corrected chi connectivity index (χ1v) is 5.02. The van der Waals surface area contributed by atoms with Gasteiger partial charge in [-0.2, -0.15) is 13.2 Å². The summed E-state index contributed by atoms with van der Waals surface area (Å²) in [5, 5.41) is 9.44. The van der Waals surface area contributed by atoms with E-state index in [1.807, 2.05) is 0 Å². The van der Waals surface area contributed by atoms with Crippen LogP contribution >= 0.6 is 0 Å². The highest BCUT2D eigenvalue weighted by molar-refractivity contribution is 5.41. The van der Waals surface area contributed by atoms with Crippen molar-refractivity contribution in [3.8, 4) is 11.5 Å². The maximum Gasteiger partial charge on any atom is 0.403 e. The van der Waals surface area contributed by atoms with Gasteiger partial charge in [-0.25, -0.2) is 0 Å². The molecule has 0 heterocycles. The largest absolute Gasteiger partial charge is 0.504 e. The second-order valence-electron chi connectivity index (χ2n) is 3.69. The van der Waals surface area contributed by atoms with Crippen molar-refractivity contribution in [3.63, 3.8) is 0 Å². The van der Waals surface area contributed by atoms with Crippen molar-refractivity contribution in [2.75, 3.05) is 7.11 Å². The zero-order valence-electron chi connectivity index (χ0n) is 9.29. The van der Waals surface area contributed by atoms with Gasteiger partial charge in [0, 0.05) is 0 Å². The van der Waals surface area contributed by atoms with Crippen molar-refractivity contribution in [3.05, 3.63) is 23.8 Å². The third-order valence-corrected chi connectivity index (χ3v) is 2.41. The minimum Gasteiger partial charge on any atom is -0.504 e. The number of methoxy groups -OCH3 is 1. The Morgan fingerprint density at radius 2 is 2.06 bits per heavy atom. The summed E-state index contributed by atoms with van der Waals surface area (Å²) < 4.78 is 41.3. The van der Waals surface area contributed by atoms with Gasteiger partial charge in [-0.15, -0.1) is 0 Å². The number of ether oxygens (including phenoxy) is 1. The van der Waals surface area contributed by atoms with Crippen LogP contribution in [0.4, 0.5) is 13.2 Å². The smallest absolute Gasteiger partial charge is 0.403 e. The molecule has 0 saturated carbocycles. The third kappa shape index (κ3) is 3.81. The third-order valence-electron chi connectivity index (χ3n) is 2.41. The molecule has 0 radical (unpaired) electrons.